The summed E-state index contributed by atoms with van der Waals surface area (Å²) >= 11 is 0. The van der Waals surface area contributed by atoms with E-state index >= 15 is 0 Å². The normalized spacial score (nSPS) is 15.3. The maximum absolute atomic E-state index is 11.8. The summed E-state index contributed by atoms with van der Waals surface area (Å²) in [4.78, 5) is 22.5. The Morgan fingerprint density at radius 2 is 2.05 bits per heavy atom. The molecule has 0 bridgehead atoms. The van der Waals surface area contributed by atoms with Crippen molar-refractivity contribution >= 4 is 17.8 Å². The van der Waals surface area contributed by atoms with Gasteiger partial charge in [0, 0.05) is 18.1 Å². The van der Waals surface area contributed by atoms with Gasteiger partial charge in [-0.1, -0.05) is 6.08 Å². The standard InChI is InChI=1S/C15H16O4/c1-10(16)18-9-13(17)11-4-5-14-12(8-11)6-7-15(2,3)19-14/h4-8H,9H2,1-3H3. The zero-order valence-electron chi connectivity index (χ0n) is 11.2. The SMILES string of the molecule is CC(=O)OCC(=O)c1ccc2c(c1)C=CC(C)(C)O2. The fraction of sp³-hybridized carbons (Fsp3) is 0.333. The summed E-state index contributed by atoms with van der Waals surface area (Å²) in [5.74, 6) is 0.0593. The fourth-order valence-corrected chi connectivity index (χ4v) is 1.80. The molecule has 4 nitrogen and oxygen atoms in total. The predicted molar refractivity (Wildman–Crippen MR) is 71.1 cm³/mol. The Labute approximate surface area is 112 Å². The lowest BCUT2D eigenvalue weighted by Crippen LogP contribution is -2.27. The summed E-state index contributed by atoms with van der Waals surface area (Å²) in [6.07, 6.45) is 3.87. The van der Waals surface area contributed by atoms with Crippen LogP contribution in [0.5, 0.6) is 5.75 Å². The summed E-state index contributed by atoms with van der Waals surface area (Å²) in [7, 11) is 0. The van der Waals surface area contributed by atoms with Crippen LogP contribution < -0.4 is 4.74 Å². The zero-order valence-corrected chi connectivity index (χ0v) is 11.2. The first-order chi connectivity index (χ1) is 8.87. The molecular formula is C15H16O4. The van der Waals surface area contributed by atoms with Gasteiger partial charge in [-0.3, -0.25) is 9.59 Å². The molecule has 0 radical (unpaired) electrons. The molecule has 0 amide bonds. The second kappa shape index (κ2) is 4.88. The molecule has 1 aliphatic heterocycles. The Morgan fingerprint density at radius 1 is 1.32 bits per heavy atom. The highest BCUT2D eigenvalue weighted by Crippen LogP contribution is 2.31. The number of hydrogen-bond donors (Lipinski definition) is 0. The van der Waals surface area contributed by atoms with Gasteiger partial charge in [0.15, 0.2) is 12.4 Å². The molecule has 0 aliphatic carbocycles. The summed E-state index contributed by atoms with van der Waals surface area (Å²) in [6, 6.07) is 5.19. The Bertz CT molecular complexity index is 555. The van der Waals surface area contributed by atoms with E-state index in [1.807, 2.05) is 26.0 Å². The van der Waals surface area contributed by atoms with Crippen molar-refractivity contribution in [1.82, 2.24) is 0 Å². The first kappa shape index (κ1) is 13.3. The van der Waals surface area contributed by atoms with E-state index < -0.39 is 5.97 Å². The largest absolute Gasteiger partial charge is 0.483 e. The van der Waals surface area contributed by atoms with Crippen LogP contribution in [0.4, 0.5) is 0 Å². The molecule has 0 N–H and O–H groups in total. The van der Waals surface area contributed by atoms with Crippen LogP contribution in [0.15, 0.2) is 24.3 Å². The van der Waals surface area contributed by atoms with E-state index in [1.54, 1.807) is 18.2 Å². The number of carbonyl (C=O) groups is 2. The van der Waals surface area contributed by atoms with Gasteiger partial charge in [-0.15, -0.1) is 0 Å². The summed E-state index contributed by atoms with van der Waals surface area (Å²) in [5, 5.41) is 0. The molecule has 1 aromatic rings. The molecule has 19 heavy (non-hydrogen) atoms. The Balaban J connectivity index is 2.18. The zero-order chi connectivity index (χ0) is 14.0. The summed E-state index contributed by atoms with van der Waals surface area (Å²) < 4.78 is 10.5. The number of carbonyl (C=O) groups excluding carboxylic acids is 2. The number of ketones is 1. The van der Waals surface area contributed by atoms with Crippen molar-refractivity contribution in [3.63, 3.8) is 0 Å². The van der Waals surface area contributed by atoms with E-state index in [2.05, 4.69) is 0 Å². The quantitative estimate of drug-likeness (QED) is 0.619. The third-order valence-electron chi connectivity index (χ3n) is 2.78. The number of hydrogen-bond acceptors (Lipinski definition) is 4. The van der Waals surface area contributed by atoms with Crippen LogP contribution in [0.2, 0.25) is 0 Å². The number of ether oxygens (including phenoxy) is 2. The van der Waals surface area contributed by atoms with Gasteiger partial charge >= 0.3 is 5.97 Å². The van der Waals surface area contributed by atoms with Crippen molar-refractivity contribution in [3.05, 3.63) is 35.4 Å². The van der Waals surface area contributed by atoms with E-state index in [1.165, 1.54) is 6.92 Å². The molecule has 1 aromatic carbocycles. The van der Waals surface area contributed by atoms with Gasteiger partial charge in [0.25, 0.3) is 0 Å². The molecule has 0 spiro atoms. The van der Waals surface area contributed by atoms with Gasteiger partial charge in [0.05, 0.1) is 0 Å². The van der Waals surface area contributed by atoms with E-state index in [4.69, 9.17) is 9.47 Å². The van der Waals surface area contributed by atoms with Gasteiger partial charge in [-0.25, -0.2) is 0 Å². The van der Waals surface area contributed by atoms with Gasteiger partial charge in [-0.2, -0.15) is 0 Å². The van der Waals surface area contributed by atoms with Crippen LogP contribution in [0, 0.1) is 0 Å². The Kier molecular flexibility index (Phi) is 3.42. The van der Waals surface area contributed by atoms with Crippen molar-refractivity contribution in [3.8, 4) is 5.75 Å². The number of Topliss-reactive ketones (excluding diaryl/α,β-unsaturated/α-hetero) is 1. The molecule has 2 rings (SSSR count). The fourth-order valence-electron chi connectivity index (χ4n) is 1.80. The monoisotopic (exact) mass is 260 g/mol. The van der Waals surface area contributed by atoms with Crippen molar-refractivity contribution in [2.75, 3.05) is 6.61 Å². The number of rotatable bonds is 3. The second-order valence-electron chi connectivity index (χ2n) is 4.99. The Morgan fingerprint density at radius 3 is 2.74 bits per heavy atom. The second-order valence-corrected chi connectivity index (χ2v) is 4.99. The van der Waals surface area contributed by atoms with Crippen LogP contribution >= 0.6 is 0 Å². The van der Waals surface area contributed by atoms with Crippen molar-refractivity contribution in [2.24, 2.45) is 0 Å². The van der Waals surface area contributed by atoms with E-state index in [0.717, 1.165) is 11.3 Å². The molecule has 1 aliphatic rings. The van der Waals surface area contributed by atoms with Gasteiger partial charge in [-0.05, 0) is 38.1 Å². The minimum atomic E-state index is -0.462. The smallest absolute Gasteiger partial charge is 0.303 e. The highest BCUT2D eigenvalue weighted by atomic mass is 16.5. The average molecular weight is 260 g/mol. The van der Waals surface area contributed by atoms with Gasteiger partial charge in [0.2, 0.25) is 0 Å². The highest BCUT2D eigenvalue weighted by molar-refractivity contribution is 5.98. The Hall–Kier alpha value is -2.10. The first-order valence-corrected chi connectivity index (χ1v) is 6.06. The van der Waals surface area contributed by atoms with Gasteiger partial charge < -0.3 is 9.47 Å². The number of esters is 1. The molecule has 4 heteroatoms. The lowest BCUT2D eigenvalue weighted by molar-refractivity contribution is -0.139. The number of benzene rings is 1. The maximum Gasteiger partial charge on any atom is 0.303 e. The molecular weight excluding hydrogens is 244 g/mol. The van der Waals surface area contributed by atoms with E-state index in [-0.39, 0.29) is 18.0 Å². The minimum Gasteiger partial charge on any atom is -0.483 e. The lowest BCUT2D eigenvalue weighted by Gasteiger charge is -2.27. The average Bonchev–Trinajstić information content (AvgIpc) is 2.34. The number of fused-ring (bicyclic) bond motifs is 1. The van der Waals surface area contributed by atoms with Crippen LogP contribution in [0.25, 0.3) is 6.08 Å². The topological polar surface area (TPSA) is 52.6 Å². The van der Waals surface area contributed by atoms with E-state index in [0.29, 0.717) is 5.56 Å². The highest BCUT2D eigenvalue weighted by Gasteiger charge is 2.22. The molecule has 0 saturated heterocycles. The summed E-state index contributed by atoms with van der Waals surface area (Å²) in [5.41, 5.74) is 1.02. The molecule has 100 valence electrons. The van der Waals surface area contributed by atoms with Crippen LogP contribution in [0.1, 0.15) is 36.7 Å². The van der Waals surface area contributed by atoms with Crippen molar-refractivity contribution < 1.29 is 19.1 Å². The van der Waals surface area contributed by atoms with Crippen LogP contribution in [0.3, 0.4) is 0 Å². The maximum atomic E-state index is 11.8. The molecule has 1 heterocycles. The molecule has 0 unspecified atom stereocenters. The molecule has 0 saturated carbocycles. The molecule has 0 fully saturated rings. The first-order valence-electron chi connectivity index (χ1n) is 6.06. The van der Waals surface area contributed by atoms with Crippen LogP contribution in [-0.2, 0) is 9.53 Å². The van der Waals surface area contributed by atoms with E-state index in [9.17, 15) is 9.59 Å². The van der Waals surface area contributed by atoms with Crippen molar-refractivity contribution in [2.45, 2.75) is 26.4 Å². The predicted octanol–water partition coefficient (Wildman–Crippen LogP) is 2.62. The molecule has 0 atom stereocenters. The lowest BCUT2D eigenvalue weighted by atomic mass is 10.00. The van der Waals surface area contributed by atoms with Gasteiger partial charge in [0.1, 0.15) is 11.4 Å². The minimum absolute atomic E-state index is 0.226. The third kappa shape index (κ3) is 3.22. The summed E-state index contributed by atoms with van der Waals surface area (Å²) in [6.45, 7) is 4.97. The van der Waals surface area contributed by atoms with Crippen molar-refractivity contribution in [1.29, 1.82) is 0 Å². The molecule has 0 aromatic heterocycles. The van der Waals surface area contributed by atoms with Crippen LogP contribution in [-0.4, -0.2) is 24.0 Å². The third-order valence-corrected chi connectivity index (χ3v) is 2.78.